The average Bonchev–Trinajstić information content (AvgIpc) is 2.57. The monoisotopic (exact) mass is 225 g/mol. The topological polar surface area (TPSA) is 41.3 Å². The molecule has 1 heterocycles. The average molecular weight is 225 g/mol. The molecule has 0 aliphatic heterocycles. The predicted octanol–water partition coefficient (Wildman–Crippen LogP) is 1.28. The number of rotatable bonds is 6. The van der Waals surface area contributed by atoms with Crippen LogP contribution in [0, 0.1) is 6.92 Å². The summed E-state index contributed by atoms with van der Waals surface area (Å²) in [6, 6.07) is 0. The van der Waals surface area contributed by atoms with Gasteiger partial charge in [0.15, 0.2) is 0 Å². The van der Waals surface area contributed by atoms with Gasteiger partial charge >= 0.3 is 0 Å². The van der Waals surface area contributed by atoms with Crippen molar-refractivity contribution in [1.29, 1.82) is 0 Å². The van der Waals surface area contributed by atoms with Crippen molar-refractivity contribution in [3.05, 3.63) is 18.2 Å². The molecule has 0 amide bonds. The van der Waals surface area contributed by atoms with Gasteiger partial charge in [-0.05, 0) is 27.3 Å². The highest BCUT2D eigenvalue weighted by atomic mass is 16.3. The normalized spacial score (nSPS) is 12.4. The van der Waals surface area contributed by atoms with Gasteiger partial charge in [0.2, 0.25) is 0 Å². The first-order valence-corrected chi connectivity index (χ1v) is 5.85. The highest BCUT2D eigenvalue weighted by Crippen LogP contribution is 2.05. The van der Waals surface area contributed by atoms with Crippen molar-refractivity contribution in [3.63, 3.8) is 0 Å². The van der Waals surface area contributed by atoms with Gasteiger partial charge in [-0.15, -0.1) is 0 Å². The molecule has 0 radical (unpaired) electrons. The van der Waals surface area contributed by atoms with E-state index in [-0.39, 0.29) is 0 Å². The Kier molecular flexibility index (Phi) is 4.50. The molecule has 4 heteroatoms. The molecule has 1 aromatic heterocycles. The Hall–Kier alpha value is -0.870. The second-order valence-electron chi connectivity index (χ2n) is 4.85. The van der Waals surface area contributed by atoms with E-state index in [0.29, 0.717) is 6.54 Å². The summed E-state index contributed by atoms with van der Waals surface area (Å²) in [4.78, 5) is 6.44. The Balaban J connectivity index is 2.43. The summed E-state index contributed by atoms with van der Waals surface area (Å²) >= 11 is 0. The molecule has 0 unspecified atom stereocenters. The molecular formula is C12H23N3O. The van der Waals surface area contributed by atoms with Gasteiger partial charge in [0.1, 0.15) is 5.82 Å². The third kappa shape index (κ3) is 4.33. The van der Waals surface area contributed by atoms with Crippen LogP contribution in [0.3, 0.4) is 0 Å². The minimum absolute atomic E-state index is 0.625. The fourth-order valence-corrected chi connectivity index (χ4v) is 1.79. The van der Waals surface area contributed by atoms with Crippen LogP contribution in [-0.2, 0) is 6.54 Å². The van der Waals surface area contributed by atoms with Crippen molar-refractivity contribution in [2.75, 3.05) is 19.6 Å². The summed E-state index contributed by atoms with van der Waals surface area (Å²) < 4.78 is 2.13. The zero-order valence-electron chi connectivity index (χ0n) is 10.8. The van der Waals surface area contributed by atoms with E-state index in [0.717, 1.165) is 25.5 Å². The first-order chi connectivity index (χ1) is 7.42. The molecule has 0 aliphatic rings. The Morgan fingerprint density at radius 1 is 1.50 bits per heavy atom. The molecule has 0 bridgehead atoms. The van der Waals surface area contributed by atoms with Gasteiger partial charge in [-0.1, -0.05) is 6.92 Å². The van der Waals surface area contributed by atoms with Crippen LogP contribution in [0.2, 0.25) is 0 Å². The number of hydrogen-bond acceptors (Lipinski definition) is 3. The van der Waals surface area contributed by atoms with Crippen molar-refractivity contribution in [1.82, 2.24) is 14.5 Å². The van der Waals surface area contributed by atoms with Crippen LogP contribution in [0.4, 0.5) is 0 Å². The van der Waals surface area contributed by atoms with Crippen molar-refractivity contribution in [2.24, 2.45) is 0 Å². The Labute approximate surface area is 97.9 Å². The van der Waals surface area contributed by atoms with Gasteiger partial charge in [-0.3, -0.25) is 4.90 Å². The van der Waals surface area contributed by atoms with Crippen LogP contribution in [0.1, 0.15) is 26.6 Å². The lowest BCUT2D eigenvalue weighted by molar-refractivity contribution is 0.0368. The second kappa shape index (κ2) is 5.46. The lowest BCUT2D eigenvalue weighted by Gasteiger charge is -2.28. The van der Waals surface area contributed by atoms with E-state index in [1.54, 1.807) is 0 Å². The minimum atomic E-state index is -0.625. The van der Waals surface area contributed by atoms with E-state index in [2.05, 4.69) is 21.4 Å². The fourth-order valence-electron chi connectivity index (χ4n) is 1.79. The van der Waals surface area contributed by atoms with Crippen molar-refractivity contribution < 1.29 is 5.11 Å². The maximum atomic E-state index is 9.77. The zero-order chi connectivity index (χ0) is 12.2. The lowest BCUT2D eigenvalue weighted by Crippen LogP contribution is -2.40. The molecule has 0 saturated heterocycles. The molecule has 1 N–H and O–H groups in total. The number of aliphatic hydroxyl groups is 1. The van der Waals surface area contributed by atoms with Crippen LogP contribution >= 0.6 is 0 Å². The van der Waals surface area contributed by atoms with E-state index >= 15 is 0 Å². The molecule has 0 aromatic carbocycles. The fraction of sp³-hybridized carbons (Fsp3) is 0.750. The quantitative estimate of drug-likeness (QED) is 0.793. The van der Waals surface area contributed by atoms with Gasteiger partial charge in [-0.2, -0.15) is 0 Å². The summed E-state index contributed by atoms with van der Waals surface area (Å²) in [5.74, 6) is 1.04. The molecule has 0 fully saturated rings. The Morgan fingerprint density at radius 2 is 2.19 bits per heavy atom. The standard InChI is InChI=1S/C12H23N3O/c1-5-14(10-12(3,4)16)8-9-15-7-6-13-11(15)2/h6-7,16H,5,8-10H2,1-4H3. The van der Waals surface area contributed by atoms with Gasteiger partial charge in [0.05, 0.1) is 5.60 Å². The highest BCUT2D eigenvalue weighted by molar-refractivity contribution is 4.88. The smallest absolute Gasteiger partial charge is 0.105 e. The van der Waals surface area contributed by atoms with Gasteiger partial charge in [-0.25, -0.2) is 4.98 Å². The minimum Gasteiger partial charge on any atom is -0.389 e. The molecule has 1 rings (SSSR count). The summed E-state index contributed by atoms with van der Waals surface area (Å²) in [6.07, 6.45) is 3.81. The van der Waals surface area contributed by atoms with Crippen LogP contribution in [0.15, 0.2) is 12.4 Å². The van der Waals surface area contributed by atoms with Crippen LogP contribution in [0.5, 0.6) is 0 Å². The molecule has 1 aromatic rings. The van der Waals surface area contributed by atoms with Gasteiger partial charge in [0.25, 0.3) is 0 Å². The molecular weight excluding hydrogens is 202 g/mol. The SMILES string of the molecule is CCN(CCn1ccnc1C)CC(C)(C)O. The summed E-state index contributed by atoms with van der Waals surface area (Å²) in [5, 5.41) is 9.77. The van der Waals surface area contributed by atoms with Crippen LogP contribution in [0.25, 0.3) is 0 Å². The number of likely N-dealkylation sites (N-methyl/N-ethyl adjacent to an activating group) is 1. The molecule has 92 valence electrons. The number of aromatic nitrogens is 2. The molecule has 0 aliphatic carbocycles. The zero-order valence-corrected chi connectivity index (χ0v) is 10.8. The second-order valence-corrected chi connectivity index (χ2v) is 4.85. The first kappa shape index (κ1) is 13.2. The summed E-state index contributed by atoms with van der Waals surface area (Å²) in [6.45, 7) is 11.3. The third-order valence-corrected chi connectivity index (χ3v) is 2.64. The maximum Gasteiger partial charge on any atom is 0.105 e. The number of aryl methyl sites for hydroxylation is 1. The third-order valence-electron chi connectivity index (χ3n) is 2.64. The summed E-state index contributed by atoms with van der Waals surface area (Å²) in [7, 11) is 0. The summed E-state index contributed by atoms with van der Waals surface area (Å²) in [5.41, 5.74) is -0.625. The number of nitrogens with zero attached hydrogens (tertiary/aromatic N) is 3. The van der Waals surface area contributed by atoms with Crippen molar-refractivity contribution >= 4 is 0 Å². The highest BCUT2D eigenvalue weighted by Gasteiger charge is 2.16. The van der Waals surface area contributed by atoms with E-state index in [4.69, 9.17) is 0 Å². The van der Waals surface area contributed by atoms with Crippen LogP contribution < -0.4 is 0 Å². The number of imidazole rings is 1. The molecule has 4 nitrogen and oxygen atoms in total. The predicted molar refractivity (Wildman–Crippen MR) is 65.4 cm³/mol. The molecule has 16 heavy (non-hydrogen) atoms. The number of hydrogen-bond donors (Lipinski definition) is 1. The molecule has 0 saturated carbocycles. The van der Waals surface area contributed by atoms with E-state index in [1.807, 2.05) is 33.2 Å². The van der Waals surface area contributed by atoms with E-state index in [9.17, 15) is 5.11 Å². The largest absolute Gasteiger partial charge is 0.389 e. The molecule has 0 spiro atoms. The van der Waals surface area contributed by atoms with Crippen LogP contribution in [-0.4, -0.2) is 44.8 Å². The Morgan fingerprint density at radius 3 is 2.62 bits per heavy atom. The first-order valence-electron chi connectivity index (χ1n) is 5.85. The Bertz CT molecular complexity index is 314. The van der Waals surface area contributed by atoms with Gasteiger partial charge < -0.3 is 9.67 Å². The maximum absolute atomic E-state index is 9.77. The van der Waals surface area contributed by atoms with Crippen molar-refractivity contribution in [2.45, 2.75) is 39.8 Å². The van der Waals surface area contributed by atoms with E-state index < -0.39 is 5.60 Å². The van der Waals surface area contributed by atoms with Gasteiger partial charge in [0, 0.05) is 32.0 Å². The molecule has 0 atom stereocenters. The van der Waals surface area contributed by atoms with Crippen molar-refractivity contribution in [3.8, 4) is 0 Å². The lowest BCUT2D eigenvalue weighted by atomic mass is 10.1. The van der Waals surface area contributed by atoms with E-state index in [1.165, 1.54) is 0 Å².